The Labute approximate surface area is 169 Å². The van der Waals surface area contributed by atoms with Gasteiger partial charge in [0.05, 0.1) is 22.0 Å². The molecule has 142 valence electrons. The Morgan fingerprint density at radius 1 is 1.04 bits per heavy atom. The second kappa shape index (κ2) is 9.00. The molecule has 0 aliphatic carbocycles. The first-order valence-corrected chi connectivity index (χ1v) is 11.5. The van der Waals surface area contributed by atoms with Gasteiger partial charge in [-0.15, -0.1) is 17.4 Å². The molecule has 2 aromatic carbocycles. The molecule has 0 saturated heterocycles. The highest BCUT2D eigenvalue weighted by atomic mass is 32.2. The van der Waals surface area contributed by atoms with E-state index in [1.54, 1.807) is 30.3 Å². The molecule has 7 heteroatoms. The van der Waals surface area contributed by atoms with Gasteiger partial charge in [0.2, 0.25) is 5.16 Å². The zero-order chi connectivity index (χ0) is 20.0. The molecule has 0 bridgehead atoms. The van der Waals surface area contributed by atoms with Crippen molar-refractivity contribution in [1.29, 1.82) is 0 Å². The Morgan fingerprint density at radius 2 is 1.68 bits per heavy atom. The largest absolute Gasteiger partial charge is 0.224 e. The normalized spacial score (nSPS) is 12.3. The van der Waals surface area contributed by atoms with E-state index in [-0.39, 0.29) is 17.1 Å². The van der Waals surface area contributed by atoms with E-state index in [2.05, 4.69) is 21.1 Å². The summed E-state index contributed by atoms with van der Waals surface area (Å²) in [5.41, 5.74) is 1.96. The van der Waals surface area contributed by atoms with E-state index in [0.29, 0.717) is 16.5 Å². The highest BCUT2D eigenvalue weighted by Crippen LogP contribution is 2.31. The molecule has 1 unspecified atom stereocenters. The van der Waals surface area contributed by atoms with Crippen molar-refractivity contribution in [3.8, 4) is 23.6 Å². The molecule has 1 heterocycles. The Morgan fingerprint density at radius 3 is 2.29 bits per heavy atom. The molecular weight excluding hydrogens is 390 g/mol. The van der Waals surface area contributed by atoms with Crippen LogP contribution in [-0.2, 0) is 9.84 Å². The van der Waals surface area contributed by atoms with Crippen molar-refractivity contribution in [1.82, 2.24) is 15.2 Å². The third kappa shape index (κ3) is 4.58. The van der Waals surface area contributed by atoms with Crippen LogP contribution in [0.3, 0.4) is 0 Å². The lowest BCUT2D eigenvalue weighted by Crippen LogP contribution is -2.18. The molecule has 5 nitrogen and oxygen atoms in total. The fraction of sp³-hybridized carbons (Fsp3) is 0.190. The number of aromatic nitrogens is 3. The van der Waals surface area contributed by atoms with Crippen LogP contribution >= 0.6 is 11.8 Å². The van der Waals surface area contributed by atoms with Gasteiger partial charge in [0.15, 0.2) is 9.84 Å². The van der Waals surface area contributed by atoms with Gasteiger partial charge in [-0.1, -0.05) is 60.3 Å². The van der Waals surface area contributed by atoms with Crippen molar-refractivity contribution in [2.75, 3.05) is 12.0 Å². The summed E-state index contributed by atoms with van der Waals surface area (Å²) < 4.78 is 25.8. The maximum Gasteiger partial charge on any atom is 0.209 e. The third-order valence-electron chi connectivity index (χ3n) is 4.20. The van der Waals surface area contributed by atoms with Gasteiger partial charge in [0, 0.05) is 17.9 Å². The Kier molecular flexibility index (Phi) is 6.45. The van der Waals surface area contributed by atoms with Crippen molar-refractivity contribution >= 4 is 21.6 Å². The van der Waals surface area contributed by atoms with Crippen LogP contribution < -0.4 is 0 Å². The van der Waals surface area contributed by atoms with Gasteiger partial charge in [-0.3, -0.25) is 0 Å². The molecule has 28 heavy (non-hydrogen) atoms. The number of rotatable bonds is 7. The Hall–Kier alpha value is -2.69. The second-order valence-electron chi connectivity index (χ2n) is 6.10. The number of sulfone groups is 1. The van der Waals surface area contributed by atoms with Crippen LogP contribution in [-0.4, -0.2) is 35.6 Å². The number of terminal acetylenes is 1. The Bertz CT molecular complexity index is 1080. The summed E-state index contributed by atoms with van der Waals surface area (Å²) in [4.78, 5) is 4.86. The first kappa shape index (κ1) is 20.1. The van der Waals surface area contributed by atoms with E-state index in [4.69, 9.17) is 6.42 Å². The average Bonchev–Trinajstić information content (AvgIpc) is 2.74. The van der Waals surface area contributed by atoms with Crippen LogP contribution in [0, 0.1) is 12.3 Å². The number of nitrogens with zero attached hydrogens (tertiary/aromatic N) is 3. The van der Waals surface area contributed by atoms with Crippen LogP contribution in [0.25, 0.3) is 11.3 Å². The van der Waals surface area contributed by atoms with E-state index in [0.717, 1.165) is 5.56 Å². The molecule has 0 spiro atoms. The molecule has 0 amide bonds. The van der Waals surface area contributed by atoms with Crippen molar-refractivity contribution in [2.24, 2.45) is 0 Å². The smallest absolute Gasteiger partial charge is 0.209 e. The molecule has 1 aromatic heterocycles. The maximum absolute atomic E-state index is 12.9. The predicted molar refractivity (Wildman–Crippen MR) is 112 cm³/mol. The fourth-order valence-electron chi connectivity index (χ4n) is 2.85. The van der Waals surface area contributed by atoms with Crippen molar-refractivity contribution < 1.29 is 8.42 Å². The summed E-state index contributed by atoms with van der Waals surface area (Å²) in [6, 6.07) is 17.9. The lowest BCUT2D eigenvalue weighted by molar-refractivity contribution is 0.584. The standard InChI is InChI=1S/C21H19N3O2S2/c1-3-10-17(15-28(25,26)18-13-8-5-9-14-18)20-19(16-11-6-4-7-12-16)22-21(27-2)24-23-20/h1,4-9,11-14,17H,10,15H2,2H3. The van der Waals surface area contributed by atoms with Crippen LogP contribution in [0.2, 0.25) is 0 Å². The Balaban J connectivity index is 2.07. The molecule has 0 aliphatic heterocycles. The van der Waals surface area contributed by atoms with Gasteiger partial charge in [-0.2, -0.15) is 5.10 Å². The molecule has 1 atom stereocenters. The molecule has 3 rings (SSSR count). The summed E-state index contributed by atoms with van der Waals surface area (Å²) in [7, 11) is -3.54. The topological polar surface area (TPSA) is 72.8 Å². The zero-order valence-corrected chi connectivity index (χ0v) is 17.0. The van der Waals surface area contributed by atoms with E-state index in [1.807, 2.05) is 36.6 Å². The summed E-state index contributed by atoms with van der Waals surface area (Å²) in [5.74, 6) is 1.91. The van der Waals surface area contributed by atoms with E-state index in [9.17, 15) is 8.42 Å². The number of thioether (sulfide) groups is 1. The van der Waals surface area contributed by atoms with Gasteiger partial charge in [-0.25, -0.2) is 13.4 Å². The average molecular weight is 410 g/mol. The second-order valence-corrected chi connectivity index (χ2v) is 8.91. The van der Waals surface area contributed by atoms with Crippen LogP contribution in [0.1, 0.15) is 18.0 Å². The fourth-order valence-corrected chi connectivity index (χ4v) is 4.73. The minimum absolute atomic E-state index is 0.157. The first-order valence-electron chi connectivity index (χ1n) is 8.60. The van der Waals surface area contributed by atoms with Gasteiger partial charge in [0.25, 0.3) is 0 Å². The van der Waals surface area contributed by atoms with Gasteiger partial charge in [-0.05, 0) is 18.4 Å². The summed E-state index contributed by atoms with van der Waals surface area (Å²) in [6.07, 6.45) is 7.64. The van der Waals surface area contributed by atoms with E-state index < -0.39 is 15.8 Å². The molecule has 3 aromatic rings. The van der Waals surface area contributed by atoms with Gasteiger partial charge in [0.1, 0.15) is 0 Å². The first-order chi connectivity index (χ1) is 13.5. The molecule has 0 radical (unpaired) electrons. The van der Waals surface area contributed by atoms with Crippen LogP contribution in [0.4, 0.5) is 0 Å². The van der Waals surface area contributed by atoms with Crippen molar-refractivity contribution in [3.63, 3.8) is 0 Å². The number of hydrogen-bond acceptors (Lipinski definition) is 6. The monoisotopic (exact) mass is 409 g/mol. The highest BCUT2D eigenvalue weighted by Gasteiger charge is 2.27. The van der Waals surface area contributed by atoms with E-state index in [1.165, 1.54) is 11.8 Å². The summed E-state index contributed by atoms with van der Waals surface area (Å²) in [6.45, 7) is 0. The van der Waals surface area contributed by atoms with Gasteiger partial charge >= 0.3 is 0 Å². The van der Waals surface area contributed by atoms with Crippen LogP contribution in [0.5, 0.6) is 0 Å². The highest BCUT2D eigenvalue weighted by molar-refractivity contribution is 7.98. The maximum atomic E-state index is 12.9. The lowest BCUT2D eigenvalue weighted by Gasteiger charge is -2.17. The number of benzene rings is 2. The molecular formula is C21H19N3O2S2. The van der Waals surface area contributed by atoms with Crippen molar-refractivity contribution in [2.45, 2.75) is 22.4 Å². The third-order valence-corrected chi connectivity index (χ3v) is 6.57. The molecule has 0 aliphatic rings. The van der Waals surface area contributed by atoms with Crippen LogP contribution in [0.15, 0.2) is 70.7 Å². The predicted octanol–water partition coefficient (Wildman–Crippen LogP) is 3.84. The molecule has 0 fully saturated rings. The van der Waals surface area contributed by atoms with Gasteiger partial charge < -0.3 is 0 Å². The summed E-state index contributed by atoms with van der Waals surface area (Å²) in [5, 5.41) is 8.98. The summed E-state index contributed by atoms with van der Waals surface area (Å²) >= 11 is 1.38. The SMILES string of the molecule is C#CCC(CS(=O)(=O)c1ccccc1)c1nnc(SC)nc1-c1ccccc1. The lowest BCUT2D eigenvalue weighted by atomic mass is 9.98. The van der Waals surface area contributed by atoms with E-state index >= 15 is 0 Å². The minimum atomic E-state index is -3.54. The quantitative estimate of drug-likeness (QED) is 0.436. The zero-order valence-electron chi connectivity index (χ0n) is 15.3. The number of hydrogen-bond donors (Lipinski definition) is 0. The molecule has 0 saturated carbocycles. The molecule has 0 N–H and O–H groups in total. The van der Waals surface area contributed by atoms with Crippen molar-refractivity contribution in [3.05, 3.63) is 66.4 Å². The minimum Gasteiger partial charge on any atom is -0.224 e.